The number of ether oxygens (including phenoxy) is 1. The molecule has 144 valence electrons. The lowest BCUT2D eigenvalue weighted by Gasteiger charge is -2.03. The lowest BCUT2D eigenvalue weighted by molar-refractivity contribution is 0.415. The standard InChI is InChI=1S/C23H23ClN2O2/c1-27-20-14-10-18(11-15-20)23-22(17-8-12-19(24)13-9-17)26-21(28-23)7-5-3-2-4-6-16-25/h8-15H,2-7H2,1H3. The third-order valence-corrected chi connectivity index (χ3v) is 4.82. The number of halogens is 1. The molecule has 4 nitrogen and oxygen atoms in total. The maximum atomic E-state index is 8.61. The highest BCUT2D eigenvalue weighted by Crippen LogP contribution is 2.34. The maximum absolute atomic E-state index is 8.61. The predicted molar refractivity (Wildman–Crippen MR) is 111 cm³/mol. The van der Waals surface area contributed by atoms with Gasteiger partial charge in [0.1, 0.15) is 11.4 Å². The normalized spacial score (nSPS) is 10.6. The van der Waals surface area contributed by atoms with E-state index in [4.69, 9.17) is 31.0 Å². The number of nitriles is 1. The first kappa shape index (κ1) is 20.0. The molecule has 0 unspecified atom stereocenters. The zero-order valence-electron chi connectivity index (χ0n) is 16.0. The van der Waals surface area contributed by atoms with Gasteiger partial charge in [-0.05, 0) is 49.2 Å². The summed E-state index contributed by atoms with van der Waals surface area (Å²) in [6.07, 6.45) is 5.48. The summed E-state index contributed by atoms with van der Waals surface area (Å²) in [5.41, 5.74) is 2.75. The van der Waals surface area contributed by atoms with E-state index >= 15 is 0 Å². The SMILES string of the molecule is COc1ccc(-c2oc(CCCCCCC#N)nc2-c2ccc(Cl)cc2)cc1. The van der Waals surface area contributed by atoms with Crippen molar-refractivity contribution in [2.45, 2.75) is 38.5 Å². The van der Waals surface area contributed by atoms with Crippen LogP contribution >= 0.6 is 11.6 Å². The Kier molecular flexibility index (Phi) is 7.11. The largest absolute Gasteiger partial charge is 0.497 e. The lowest BCUT2D eigenvalue weighted by Crippen LogP contribution is -1.87. The average Bonchev–Trinajstić information content (AvgIpc) is 3.15. The quantitative estimate of drug-likeness (QED) is 0.379. The molecule has 3 rings (SSSR count). The maximum Gasteiger partial charge on any atom is 0.195 e. The molecule has 0 aliphatic rings. The van der Waals surface area contributed by atoms with Crippen LogP contribution in [0.5, 0.6) is 5.75 Å². The monoisotopic (exact) mass is 394 g/mol. The Morgan fingerprint density at radius 1 is 0.964 bits per heavy atom. The number of rotatable bonds is 9. The van der Waals surface area contributed by atoms with E-state index in [-0.39, 0.29) is 0 Å². The summed E-state index contributed by atoms with van der Waals surface area (Å²) >= 11 is 6.04. The Balaban J connectivity index is 1.82. The number of oxazole rings is 1. The molecule has 0 fully saturated rings. The van der Waals surface area contributed by atoms with Gasteiger partial charge in [0.05, 0.1) is 13.2 Å². The second kappa shape index (κ2) is 9.96. The zero-order valence-corrected chi connectivity index (χ0v) is 16.7. The number of hydrogen-bond donors (Lipinski definition) is 0. The fourth-order valence-electron chi connectivity index (χ4n) is 3.05. The van der Waals surface area contributed by atoms with Crippen LogP contribution < -0.4 is 4.74 Å². The molecule has 0 atom stereocenters. The highest BCUT2D eigenvalue weighted by Gasteiger charge is 2.17. The Hall–Kier alpha value is -2.77. The molecular formula is C23H23ClN2O2. The van der Waals surface area contributed by atoms with Crippen LogP contribution in [-0.2, 0) is 6.42 Å². The summed E-state index contributed by atoms with van der Waals surface area (Å²) in [6, 6.07) is 17.6. The van der Waals surface area contributed by atoms with E-state index in [1.165, 1.54) is 0 Å². The fraction of sp³-hybridized carbons (Fsp3) is 0.304. The van der Waals surface area contributed by atoms with Gasteiger partial charge < -0.3 is 9.15 Å². The Labute approximate surface area is 170 Å². The Bertz CT molecular complexity index is 925. The summed E-state index contributed by atoms with van der Waals surface area (Å²) in [7, 11) is 1.65. The number of unbranched alkanes of at least 4 members (excludes halogenated alkanes) is 4. The van der Waals surface area contributed by atoms with Crippen molar-refractivity contribution in [3.8, 4) is 34.4 Å². The smallest absolute Gasteiger partial charge is 0.195 e. The molecule has 0 radical (unpaired) electrons. The minimum Gasteiger partial charge on any atom is -0.497 e. The van der Waals surface area contributed by atoms with Gasteiger partial charge in [0.2, 0.25) is 0 Å². The first-order valence-corrected chi connectivity index (χ1v) is 9.86. The number of aromatic nitrogens is 1. The third-order valence-electron chi connectivity index (χ3n) is 4.57. The van der Waals surface area contributed by atoms with E-state index in [1.54, 1.807) is 7.11 Å². The van der Waals surface area contributed by atoms with E-state index in [9.17, 15) is 0 Å². The van der Waals surface area contributed by atoms with E-state index in [1.807, 2.05) is 48.5 Å². The number of aryl methyl sites for hydroxylation is 1. The summed E-state index contributed by atoms with van der Waals surface area (Å²) in [5, 5.41) is 9.30. The molecule has 0 amide bonds. The van der Waals surface area contributed by atoms with Gasteiger partial charge >= 0.3 is 0 Å². The summed E-state index contributed by atoms with van der Waals surface area (Å²) in [4.78, 5) is 4.77. The molecule has 2 aromatic carbocycles. The van der Waals surface area contributed by atoms with Crippen molar-refractivity contribution in [1.82, 2.24) is 4.98 Å². The fourth-order valence-corrected chi connectivity index (χ4v) is 3.17. The van der Waals surface area contributed by atoms with E-state index < -0.39 is 0 Å². The molecule has 0 aliphatic carbocycles. The molecular weight excluding hydrogens is 372 g/mol. The van der Waals surface area contributed by atoms with Crippen LogP contribution in [0.15, 0.2) is 52.9 Å². The van der Waals surface area contributed by atoms with Gasteiger partial charge in [-0.2, -0.15) is 5.26 Å². The van der Waals surface area contributed by atoms with Crippen LogP contribution in [0.1, 0.15) is 38.0 Å². The van der Waals surface area contributed by atoms with Crippen LogP contribution in [0.2, 0.25) is 5.02 Å². The van der Waals surface area contributed by atoms with Crippen molar-refractivity contribution in [2.24, 2.45) is 0 Å². The van der Waals surface area contributed by atoms with Gasteiger partial charge in [0.15, 0.2) is 11.7 Å². The minimum absolute atomic E-state index is 0.626. The average molecular weight is 395 g/mol. The number of benzene rings is 2. The van der Waals surface area contributed by atoms with E-state index in [0.29, 0.717) is 11.4 Å². The molecule has 0 saturated carbocycles. The molecule has 1 aromatic heterocycles. The highest BCUT2D eigenvalue weighted by molar-refractivity contribution is 6.30. The molecule has 3 aromatic rings. The van der Waals surface area contributed by atoms with Crippen LogP contribution in [-0.4, -0.2) is 12.1 Å². The first-order valence-electron chi connectivity index (χ1n) is 9.48. The molecule has 0 N–H and O–H groups in total. The summed E-state index contributed by atoms with van der Waals surface area (Å²) < 4.78 is 11.4. The second-order valence-electron chi connectivity index (χ2n) is 6.59. The van der Waals surface area contributed by atoms with Gasteiger partial charge in [-0.3, -0.25) is 0 Å². The van der Waals surface area contributed by atoms with Crippen molar-refractivity contribution in [3.63, 3.8) is 0 Å². The van der Waals surface area contributed by atoms with E-state index in [0.717, 1.165) is 66.3 Å². The van der Waals surface area contributed by atoms with Crippen molar-refractivity contribution < 1.29 is 9.15 Å². The zero-order chi connectivity index (χ0) is 19.8. The van der Waals surface area contributed by atoms with Crippen LogP contribution in [0.3, 0.4) is 0 Å². The van der Waals surface area contributed by atoms with Crippen molar-refractivity contribution in [1.29, 1.82) is 5.26 Å². The van der Waals surface area contributed by atoms with E-state index in [2.05, 4.69) is 6.07 Å². The molecule has 0 spiro atoms. The van der Waals surface area contributed by atoms with Crippen LogP contribution in [0.25, 0.3) is 22.6 Å². The summed E-state index contributed by atoms with van der Waals surface area (Å²) in [5.74, 6) is 2.29. The van der Waals surface area contributed by atoms with Gasteiger partial charge in [-0.15, -0.1) is 0 Å². The number of hydrogen-bond acceptors (Lipinski definition) is 4. The van der Waals surface area contributed by atoms with Gasteiger partial charge in [0.25, 0.3) is 0 Å². The van der Waals surface area contributed by atoms with Gasteiger partial charge in [0, 0.05) is 29.0 Å². The Morgan fingerprint density at radius 2 is 1.64 bits per heavy atom. The van der Waals surface area contributed by atoms with Crippen LogP contribution in [0.4, 0.5) is 0 Å². The molecule has 0 bridgehead atoms. The van der Waals surface area contributed by atoms with Gasteiger partial charge in [-0.25, -0.2) is 4.98 Å². The highest BCUT2D eigenvalue weighted by atomic mass is 35.5. The first-order chi connectivity index (χ1) is 13.7. The number of methoxy groups -OCH3 is 1. The number of nitrogens with zero attached hydrogens (tertiary/aromatic N) is 2. The summed E-state index contributed by atoms with van der Waals surface area (Å²) in [6.45, 7) is 0. The van der Waals surface area contributed by atoms with Crippen LogP contribution in [0, 0.1) is 11.3 Å². The van der Waals surface area contributed by atoms with Crippen molar-refractivity contribution in [3.05, 3.63) is 59.4 Å². The molecule has 1 heterocycles. The molecule has 0 saturated heterocycles. The van der Waals surface area contributed by atoms with Crippen molar-refractivity contribution >= 4 is 11.6 Å². The van der Waals surface area contributed by atoms with Gasteiger partial charge in [-0.1, -0.05) is 36.6 Å². The second-order valence-corrected chi connectivity index (χ2v) is 7.03. The Morgan fingerprint density at radius 3 is 2.32 bits per heavy atom. The molecule has 5 heteroatoms. The third kappa shape index (κ3) is 5.15. The molecule has 0 aliphatic heterocycles. The van der Waals surface area contributed by atoms with Crippen molar-refractivity contribution in [2.75, 3.05) is 7.11 Å². The topological polar surface area (TPSA) is 59.0 Å². The predicted octanol–water partition coefficient (Wildman–Crippen LogP) is 6.69. The lowest BCUT2D eigenvalue weighted by atomic mass is 10.1. The minimum atomic E-state index is 0.626. The molecule has 28 heavy (non-hydrogen) atoms.